The van der Waals surface area contributed by atoms with Crippen LogP contribution in [0.1, 0.15) is 10.4 Å². The van der Waals surface area contributed by atoms with Crippen molar-refractivity contribution in [3.8, 4) is 11.1 Å². The third-order valence-corrected chi connectivity index (χ3v) is 5.22. The first kappa shape index (κ1) is 17.6. The molecule has 3 aromatic rings. The summed E-state index contributed by atoms with van der Waals surface area (Å²) in [5, 5.41) is 8.45. The fourth-order valence-electron chi connectivity index (χ4n) is 2.28. The number of carbonyl (C=O) groups excluding carboxylic acids is 1. The Kier molecular flexibility index (Phi) is 5.80. The molecular formula is C18H15N3OS3. The zero-order valence-electron chi connectivity index (χ0n) is 13.4. The van der Waals surface area contributed by atoms with Gasteiger partial charge in [-0.15, -0.1) is 11.3 Å². The average Bonchev–Trinajstić information content (AvgIpc) is 3.14. The minimum atomic E-state index is -0.112. The number of hydrogen-bond acceptors (Lipinski definition) is 5. The number of rotatable bonds is 4. The second-order valence-electron chi connectivity index (χ2n) is 5.00. The SMILES string of the molecule is CNC(=O)c1ccc(SC(=S)Nc2nccs2)cc1-c1ccccc1. The van der Waals surface area contributed by atoms with Gasteiger partial charge in [-0.3, -0.25) is 4.79 Å². The molecule has 2 N–H and O–H groups in total. The van der Waals surface area contributed by atoms with E-state index in [1.165, 1.54) is 23.1 Å². The van der Waals surface area contributed by atoms with E-state index in [0.29, 0.717) is 9.88 Å². The number of anilines is 1. The van der Waals surface area contributed by atoms with E-state index in [9.17, 15) is 4.79 Å². The van der Waals surface area contributed by atoms with Crippen LogP contribution in [-0.2, 0) is 0 Å². The van der Waals surface area contributed by atoms with Crippen molar-refractivity contribution in [2.75, 3.05) is 12.4 Å². The van der Waals surface area contributed by atoms with Crippen LogP contribution in [0.4, 0.5) is 5.13 Å². The van der Waals surface area contributed by atoms with Crippen LogP contribution < -0.4 is 10.6 Å². The molecule has 0 atom stereocenters. The fourth-order valence-corrected chi connectivity index (χ4v) is 4.00. The number of thiocarbonyl (C=S) groups is 1. The van der Waals surface area contributed by atoms with Crippen molar-refractivity contribution in [2.45, 2.75) is 4.90 Å². The molecule has 2 aromatic carbocycles. The van der Waals surface area contributed by atoms with Crippen LogP contribution in [0.15, 0.2) is 65.0 Å². The summed E-state index contributed by atoms with van der Waals surface area (Å²) in [5.41, 5.74) is 2.50. The Morgan fingerprint density at radius 2 is 2.00 bits per heavy atom. The van der Waals surface area contributed by atoms with E-state index in [0.717, 1.165) is 21.2 Å². The molecule has 1 amide bonds. The van der Waals surface area contributed by atoms with Crippen molar-refractivity contribution in [3.63, 3.8) is 0 Å². The fraction of sp³-hybridized carbons (Fsp3) is 0.0556. The highest BCUT2D eigenvalue weighted by Crippen LogP contribution is 2.30. The zero-order chi connectivity index (χ0) is 17.6. The highest BCUT2D eigenvalue weighted by molar-refractivity contribution is 8.23. The van der Waals surface area contributed by atoms with Crippen molar-refractivity contribution in [1.29, 1.82) is 0 Å². The van der Waals surface area contributed by atoms with E-state index in [1.54, 1.807) is 13.2 Å². The van der Waals surface area contributed by atoms with Crippen LogP contribution in [0.25, 0.3) is 11.1 Å². The highest BCUT2D eigenvalue weighted by Gasteiger charge is 2.13. The van der Waals surface area contributed by atoms with Gasteiger partial charge < -0.3 is 10.6 Å². The molecular weight excluding hydrogens is 370 g/mol. The number of thiazole rings is 1. The minimum absolute atomic E-state index is 0.112. The van der Waals surface area contributed by atoms with Gasteiger partial charge in [0.2, 0.25) is 0 Å². The molecule has 25 heavy (non-hydrogen) atoms. The number of aromatic nitrogens is 1. The summed E-state index contributed by atoms with van der Waals surface area (Å²) in [5.74, 6) is -0.112. The lowest BCUT2D eigenvalue weighted by atomic mass is 9.99. The molecule has 0 aliphatic rings. The molecule has 3 rings (SSSR count). The summed E-state index contributed by atoms with van der Waals surface area (Å²) in [4.78, 5) is 17.3. The normalized spacial score (nSPS) is 10.3. The summed E-state index contributed by atoms with van der Waals surface area (Å²) in [6.45, 7) is 0. The van der Waals surface area contributed by atoms with Gasteiger partial charge in [0, 0.05) is 29.1 Å². The largest absolute Gasteiger partial charge is 0.355 e. The van der Waals surface area contributed by atoms with Gasteiger partial charge in [0.15, 0.2) is 5.13 Å². The van der Waals surface area contributed by atoms with Gasteiger partial charge in [0.25, 0.3) is 5.91 Å². The molecule has 1 aromatic heterocycles. The maximum Gasteiger partial charge on any atom is 0.251 e. The molecule has 1 heterocycles. The molecule has 0 radical (unpaired) electrons. The van der Waals surface area contributed by atoms with Crippen LogP contribution >= 0.6 is 35.3 Å². The predicted molar refractivity (Wildman–Crippen MR) is 109 cm³/mol. The Hall–Kier alpha value is -2.22. The van der Waals surface area contributed by atoms with Crippen LogP contribution in [0.2, 0.25) is 0 Å². The summed E-state index contributed by atoms with van der Waals surface area (Å²) < 4.78 is 0.613. The van der Waals surface area contributed by atoms with E-state index in [1.807, 2.05) is 53.9 Å². The second kappa shape index (κ2) is 8.24. The van der Waals surface area contributed by atoms with Gasteiger partial charge in [-0.05, 0) is 29.3 Å². The molecule has 4 nitrogen and oxygen atoms in total. The molecule has 0 unspecified atom stereocenters. The minimum Gasteiger partial charge on any atom is -0.355 e. The number of nitrogens with zero attached hydrogens (tertiary/aromatic N) is 1. The summed E-state index contributed by atoms with van der Waals surface area (Å²) in [7, 11) is 1.63. The Morgan fingerprint density at radius 3 is 2.68 bits per heavy atom. The van der Waals surface area contributed by atoms with Gasteiger partial charge in [-0.25, -0.2) is 4.98 Å². The van der Waals surface area contributed by atoms with E-state index in [2.05, 4.69) is 15.6 Å². The first-order valence-corrected chi connectivity index (χ1v) is 9.57. The third-order valence-electron chi connectivity index (χ3n) is 3.40. The van der Waals surface area contributed by atoms with Crippen LogP contribution in [0.3, 0.4) is 0 Å². The zero-order valence-corrected chi connectivity index (χ0v) is 15.8. The molecule has 0 saturated carbocycles. The molecule has 0 saturated heterocycles. The Morgan fingerprint density at radius 1 is 1.20 bits per heavy atom. The summed E-state index contributed by atoms with van der Waals surface area (Å²) in [6, 6.07) is 15.6. The molecule has 0 fully saturated rings. The molecule has 126 valence electrons. The number of nitrogens with one attached hydrogen (secondary N) is 2. The average molecular weight is 386 g/mol. The monoisotopic (exact) mass is 385 g/mol. The van der Waals surface area contributed by atoms with Crippen LogP contribution in [-0.4, -0.2) is 22.3 Å². The Labute approximate surface area is 159 Å². The first-order chi connectivity index (χ1) is 12.2. The van der Waals surface area contributed by atoms with E-state index in [4.69, 9.17) is 12.2 Å². The van der Waals surface area contributed by atoms with Gasteiger partial charge in [0.05, 0.1) is 0 Å². The van der Waals surface area contributed by atoms with Gasteiger partial charge in [-0.1, -0.05) is 54.3 Å². The van der Waals surface area contributed by atoms with Crippen LogP contribution in [0.5, 0.6) is 0 Å². The quantitative estimate of drug-likeness (QED) is 0.505. The summed E-state index contributed by atoms with van der Waals surface area (Å²) >= 11 is 8.32. The maximum atomic E-state index is 12.2. The molecule has 0 aliphatic carbocycles. The molecule has 7 heteroatoms. The van der Waals surface area contributed by atoms with E-state index in [-0.39, 0.29) is 5.91 Å². The van der Waals surface area contributed by atoms with Crippen molar-refractivity contribution >= 4 is 50.7 Å². The molecule has 0 bridgehead atoms. The topological polar surface area (TPSA) is 54.0 Å². The highest BCUT2D eigenvalue weighted by atomic mass is 32.2. The van der Waals surface area contributed by atoms with Crippen molar-refractivity contribution < 1.29 is 4.79 Å². The number of thioether (sulfide) groups is 1. The number of carbonyl (C=O) groups is 1. The third kappa shape index (κ3) is 4.45. The first-order valence-electron chi connectivity index (χ1n) is 7.47. The standard InChI is InChI=1S/C18H15N3OS3/c1-19-16(22)14-8-7-13(11-15(14)12-5-3-2-4-6-12)25-18(23)21-17-20-9-10-24-17/h2-11H,1H3,(H,19,22)(H,20,21,23). The lowest BCUT2D eigenvalue weighted by Crippen LogP contribution is -2.18. The molecule has 0 spiro atoms. The second-order valence-corrected chi connectivity index (χ2v) is 7.65. The smallest absolute Gasteiger partial charge is 0.251 e. The van der Waals surface area contributed by atoms with Gasteiger partial charge >= 0.3 is 0 Å². The van der Waals surface area contributed by atoms with Crippen molar-refractivity contribution in [2.24, 2.45) is 0 Å². The van der Waals surface area contributed by atoms with Crippen molar-refractivity contribution in [1.82, 2.24) is 10.3 Å². The number of hydrogen-bond donors (Lipinski definition) is 2. The van der Waals surface area contributed by atoms with E-state index < -0.39 is 0 Å². The Balaban J connectivity index is 1.88. The maximum absolute atomic E-state index is 12.2. The van der Waals surface area contributed by atoms with E-state index >= 15 is 0 Å². The number of amides is 1. The van der Waals surface area contributed by atoms with Gasteiger partial charge in [0.1, 0.15) is 4.32 Å². The van der Waals surface area contributed by atoms with Gasteiger partial charge in [-0.2, -0.15) is 0 Å². The van der Waals surface area contributed by atoms with Crippen LogP contribution in [0, 0.1) is 0 Å². The Bertz CT molecular complexity index is 880. The summed E-state index contributed by atoms with van der Waals surface area (Å²) in [6.07, 6.45) is 1.73. The molecule has 0 aliphatic heterocycles. The van der Waals surface area contributed by atoms with Crippen molar-refractivity contribution in [3.05, 3.63) is 65.7 Å². The number of benzene rings is 2. The lowest BCUT2D eigenvalue weighted by molar-refractivity contribution is 0.0963. The lowest BCUT2D eigenvalue weighted by Gasteiger charge is -2.11. The predicted octanol–water partition coefficient (Wildman–Crippen LogP) is 4.66.